The molecule has 2 aliphatic rings. The Bertz CT molecular complexity index is 570. The van der Waals surface area contributed by atoms with Crippen molar-refractivity contribution in [3.05, 3.63) is 17.0 Å². The van der Waals surface area contributed by atoms with E-state index in [1.807, 2.05) is 0 Å². The maximum Gasteiger partial charge on any atom is 0.252 e. The van der Waals surface area contributed by atoms with Gasteiger partial charge >= 0.3 is 0 Å². The molecule has 0 aromatic carbocycles. The number of aliphatic hydroxyl groups excluding tert-OH is 1. The van der Waals surface area contributed by atoms with E-state index < -0.39 is 10.0 Å². The van der Waals surface area contributed by atoms with Gasteiger partial charge in [0.25, 0.3) is 10.0 Å². The molecule has 2 fully saturated rings. The summed E-state index contributed by atoms with van der Waals surface area (Å²) < 4.78 is 27.4. The molecule has 0 aliphatic carbocycles. The Labute approximate surface area is 123 Å². The number of sulfonamides is 1. The molecule has 1 aromatic heterocycles. The average molecular weight is 316 g/mol. The van der Waals surface area contributed by atoms with Crippen molar-refractivity contribution in [3.8, 4) is 0 Å². The van der Waals surface area contributed by atoms with Crippen LogP contribution >= 0.6 is 11.3 Å². The number of hydrogen-bond donors (Lipinski definition) is 1. The molecule has 2 aliphatic heterocycles. The molecule has 0 bridgehead atoms. The fourth-order valence-electron chi connectivity index (χ4n) is 3.09. The van der Waals surface area contributed by atoms with E-state index in [1.54, 1.807) is 15.8 Å². The summed E-state index contributed by atoms with van der Waals surface area (Å²) in [6.45, 7) is 3.20. The van der Waals surface area contributed by atoms with Crippen LogP contribution in [0.3, 0.4) is 0 Å². The maximum atomic E-state index is 12.7. The zero-order chi connectivity index (χ0) is 14.2. The first-order valence-electron chi connectivity index (χ1n) is 7.04. The molecule has 5 nitrogen and oxygen atoms in total. The predicted molar refractivity (Wildman–Crippen MR) is 78.2 cm³/mol. The average Bonchev–Trinajstić information content (AvgIpc) is 3.04. The van der Waals surface area contributed by atoms with Gasteiger partial charge < -0.3 is 5.11 Å². The van der Waals surface area contributed by atoms with Gasteiger partial charge in [0.15, 0.2) is 0 Å². The minimum atomic E-state index is -3.40. The molecular weight excluding hydrogens is 296 g/mol. The Morgan fingerprint density at radius 3 is 2.85 bits per heavy atom. The normalized spacial score (nSPS) is 25.6. The lowest BCUT2D eigenvalue weighted by Gasteiger charge is -2.24. The number of thiophene rings is 1. The van der Waals surface area contributed by atoms with Crippen LogP contribution in [-0.2, 0) is 16.6 Å². The van der Waals surface area contributed by atoms with Crippen LogP contribution in [0.4, 0.5) is 0 Å². The number of fused-ring (bicyclic) bond motifs is 1. The summed E-state index contributed by atoms with van der Waals surface area (Å²) in [5.74, 6) is 0. The van der Waals surface area contributed by atoms with E-state index in [0.29, 0.717) is 28.9 Å². The number of nitrogens with zero attached hydrogens (tertiary/aromatic N) is 2. The predicted octanol–water partition coefficient (Wildman–Crippen LogP) is 1.10. The third kappa shape index (κ3) is 2.65. The summed E-state index contributed by atoms with van der Waals surface area (Å²) in [5, 5.41) is 10.8. The molecule has 3 heterocycles. The van der Waals surface area contributed by atoms with Gasteiger partial charge in [-0.05, 0) is 49.4 Å². The second-order valence-electron chi connectivity index (χ2n) is 5.48. The van der Waals surface area contributed by atoms with Gasteiger partial charge in [0, 0.05) is 19.1 Å². The highest BCUT2D eigenvalue weighted by Gasteiger charge is 2.34. The molecule has 0 radical (unpaired) electrons. The highest BCUT2D eigenvalue weighted by atomic mass is 32.2. The summed E-state index contributed by atoms with van der Waals surface area (Å²) in [6, 6.07) is 1.97. The van der Waals surface area contributed by atoms with Crippen molar-refractivity contribution in [1.29, 1.82) is 0 Å². The minimum absolute atomic E-state index is 0.109. The molecule has 0 saturated carbocycles. The van der Waals surface area contributed by atoms with Crippen molar-refractivity contribution in [2.24, 2.45) is 0 Å². The van der Waals surface area contributed by atoms with Crippen LogP contribution in [0.15, 0.2) is 15.7 Å². The Kier molecular flexibility index (Phi) is 4.14. The highest BCUT2D eigenvalue weighted by Crippen LogP contribution is 2.28. The van der Waals surface area contributed by atoms with Crippen molar-refractivity contribution < 1.29 is 13.5 Å². The van der Waals surface area contributed by atoms with Gasteiger partial charge in [-0.3, -0.25) is 4.90 Å². The molecule has 0 spiro atoms. The standard InChI is InChI=1S/C13H20N2O3S2/c16-9-11-7-13(19-10-11)20(17,18)15-6-2-5-14-4-1-3-12(14)8-15/h7,10,12,16H,1-6,8-9H2. The second kappa shape index (κ2) is 5.73. The van der Waals surface area contributed by atoms with Crippen molar-refractivity contribution in [2.75, 3.05) is 26.2 Å². The zero-order valence-corrected chi connectivity index (χ0v) is 13.0. The molecule has 1 aromatic rings. The summed E-state index contributed by atoms with van der Waals surface area (Å²) in [4.78, 5) is 2.42. The van der Waals surface area contributed by atoms with Crippen molar-refractivity contribution in [3.63, 3.8) is 0 Å². The Morgan fingerprint density at radius 2 is 2.10 bits per heavy atom. The van der Waals surface area contributed by atoms with E-state index in [1.165, 1.54) is 17.8 Å². The van der Waals surface area contributed by atoms with Crippen molar-refractivity contribution in [2.45, 2.75) is 36.1 Å². The molecular formula is C13H20N2O3S2. The van der Waals surface area contributed by atoms with Gasteiger partial charge in [-0.25, -0.2) is 8.42 Å². The molecule has 20 heavy (non-hydrogen) atoms. The Morgan fingerprint density at radius 1 is 1.30 bits per heavy atom. The molecule has 1 unspecified atom stereocenters. The van der Waals surface area contributed by atoms with E-state index in [0.717, 1.165) is 25.9 Å². The van der Waals surface area contributed by atoms with Crippen LogP contribution in [0.25, 0.3) is 0 Å². The topological polar surface area (TPSA) is 60.9 Å². The maximum absolute atomic E-state index is 12.7. The Balaban J connectivity index is 1.82. The fourth-order valence-corrected chi connectivity index (χ4v) is 5.96. The zero-order valence-electron chi connectivity index (χ0n) is 11.4. The van der Waals surface area contributed by atoms with Crippen LogP contribution in [0.2, 0.25) is 0 Å². The number of aliphatic hydroxyl groups is 1. The van der Waals surface area contributed by atoms with Crippen LogP contribution in [0, 0.1) is 0 Å². The van der Waals surface area contributed by atoms with Crippen LogP contribution in [0.1, 0.15) is 24.8 Å². The summed E-state index contributed by atoms with van der Waals surface area (Å²) in [5.41, 5.74) is 0.672. The molecule has 3 rings (SSSR count). The molecule has 1 N–H and O–H groups in total. The lowest BCUT2D eigenvalue weighted by atomic mass is 10.2. The van der Waals surface area contributed by atoms with E-state index in [2.05, 4.69) is 4.90 Å². The van der Waals surface area contributed by atoms with Gasteiger partial charge in [0.05, 0.1) is 6.61 Å². The summed E-state index contributed by atoms with van der Waals surface area (Å²) in [7, 11) is -3.40. The Hall–Kier alpha value is -0.470. The summed E-state index contributed by atoms with van der Waals surface area (Å²) in [6.07, 6.45) is 3.17. The van der Waals surface area contributed by atoms with Crippen molar-refractivity contribution in [1.82, 2.24) is 9.21 Å². The molecule has 7 heteroatoms. The largest absolute Gasteiger partial charge is 0.392 e. The van der Waals surface area contributed by atoms with Crippen LogP contribution < -0.4 is 0 Å². The molecule has 2 saturated heterocycles. The van der Waals surface area contributed by atoms with E-state index in [9.17, 15) is 8.42 Å². The molecule has 0 amide bonds. The third-order valence-electron chi connectivity index (χ3n) is 4.17. The number of rotatable bonds is 3. The van der Waals surface area contributed by atoms with Crippen molar-refractivity contribution >= 4 is 21.4 Å². The first-order valence-corrected chi connectivity index (χ1v) is 9.35. The minimum Gasteiger partial charge on any atom is -0.392 e. The number of hydrogen-bond acceptors (Lipinski definition) is 5. The van der Waals surface area contributed by atoms with Gasteiger partial charge in [-0.15, -0.1) is 11.3 Å². The van der Waals surface area contributed by atoms with Crippen LogP contribution in [0.5, 0.6) is 0 Å². The van der Waals surface area contributed by atoms with Gasteiger partial charge in [0.2, 0.25) is 0 Å². The smallest absolute Gasteiger partial charge is 0.252 e. The second-order valence-corrected chi connectivity index (χ2v) is 8.56. The summed E-state index contributed by atoms with van der Waals surface area (Å²) >= 11 is 1.20. The molecule has 112 valence electrons. The van der Waals surface area contributed by atoms with E-state index in [-0.39, 0.29) is 6.61 Å². The third-order valence-corrected chi connectivity index (χ3v) is 7.50. The monoisotopic (exact) mass is 316 g/mol. The lowest BCUT2D eigenvalue weighted by molar-refractivity contribution is 0.257. The SMILES string of the molecule is O=S(=O)(c1cc(CO)cs1)N1CCCN2CCCC2C1. The highest BCUT2D eigenvalue weighted by molar-refractivity contribution is 7.91. The first kappa shape index (κ1) is 14.5. The lowest BCUT2D eigenvalue weighted by Crippen LogP contribution is -2.39. The van der Waals surface area contributed by atoms with Gasteiger partial charge in [-0.2, -0.15) is 4.31 Å². The van der Waals surface area contributed by atoms with E-state index in [4.69, 9.17) is 5.11 Å². The molecule has 1 atom stereocenters. The van der Waals surface area contributed by atoms with E-state index >= 15 is 0 Å². The van der Waals surface area contributed by atoms with Crippen LogP contribution in [-0.4, -0.2) is 55.0 Å². The first-order chi connectivity index (χ1) is 9.61. The van der Waals surface area contributed by atoms with Gasteiger partial charge in [-0.1, -0.05) is 0 Å². The fraction of sp³-hybridized carbons (Fsp3) is 0.692. The quantitative estimate of drug-likeness (QED) is 0.907. The van der Waals surface area contributed by atoms with Gasteiger partial charge in [0.1, 0.15) is 4.21 Å².